The molecule has 1 aliphatic heterocycles. The number of nitrogens with one attached hydrogen (secondary N) is 1. The summed E-state index contributed by atoms with van der Waals surface area (Å²) in [5.41, 5.74) is 1.47. The molecule has 1 amide bonds. The molecular weight excluding hydrogens is 362 g/mol. The van der Waals surface area contributed by atoms with Crippen molar-refractivity contribution in [3.63, 3.8) is 0 Å². The van der Waals surface area contributed by atoms with E-state index >= 15 is 0 Å². The highest BCUT2D eigenvalue weighted by molar-refractivity contribution is 6.30. The summed E-state index contributed by atoms with van der Waals surface area (Å²) in [6.07, 6.45) is 2.69. The summed E-state index contributed by atoms with van der Waals surface area (Å²) in [5, 5.41) is 14.6. The second kappa shape index (κ2) is 8.72. The molecule has 27 heavy (non-hydrogen) atoms. The number of carbonyl (C=O) groups is 1. The number of pyridine rings is 1. The lowest BCUT2D eigenvalue weighted by Gasteiger charge is -2.34. The molecule has 1 aromatic heterocycles. The Kier molecular flexibility index (Phi) is 6.34. The number of hydrogen-bond donors (Lipinski definition) is 2. The first kappa shape index (κ1) is 19.6. The van der Waals surface area contributed by atoms with Crippen molar-refractivity contribution in [3.05, 3.63) is 58.7 Å². The van der Waals surface area contributed by atoms with Crippen LogP contribution < -0.4 is 5.32 Å². The molecule has 3 rings (SSSR count). The molecule has 0 radical (unpaired) electrons. The van der Waals surface area contributed by atoms with Gasteiger partial charge in [-0.2, -0.15) is 0 Å². The van der Waals surface area contributed by atoms with Crippen molar-refractivity contribution in [2.24, 2.45) is 5.92 Å². The number of aliphatic hydroxyl groups is 1. The molecule has 2 heterocycles. The van der Waals surface area contributed by atoms with E-state index in [-0.39, 0.29) is 17.9 Å². The summed E-state index contributed by atoms with van der Waals surface area (Å²) in [6.45, 7) is 5.30. The van der Waals surface area contributed by atoms with Crippen LogP contribution in [-0.4, -0.2) is 40.0 Å². The largest absolute Gasteiger partial charge is 0.388 e. The minimum atomic E-state index is -0.531. The van der Waals surface area contributed by atoms with Gasteiger partial charge in [0.1, 0.15) is 5.82 Å². The first-order valence-corrected chi connectivity index (χ1v) is 9.78. The normalized spacial score (nSPS) is 16.4. The van der Waals surface area contributed by atoms with Gasteiger partial charge in [0.05, 0.1) is 11.7 Å². The number of anilines is 1. The predicted octanol–water partition coefficient (Wildman–Crippen LogP) is 4.14. The van der Waals surface area contributed by atoms with Crippen molar-refractivity contribution in [2.45, 2.75) is 38.8 Å². The van der Waals surface area contributed by atoms with E-state index in [0.717, 1.165) is 18.4 Å². The molecule has 0 aliphatic carbocycles. The predicted molar refractivity (Wildman–Crippen MR) is 108 cm³/mol. The Labute approximate surface area is 165 Å². The van der Waals surface area contributed by atoms with Gasteiger partial charge in [0.25, 0.3) is 5.91 Å². The van der Waals surface area contributed by atoms with Crippen LogP contribution in [0.15, 0.2) is 42.6 Å². The van der Waals surface area contributed by atoms with Gasteiger partial charge in [0, 0.05) is 30.4 Å². The summed E-state index contributed by atoms with van der Waals surface area (Å²) < 4.78 is 0. The summed E-state index contributed by atoms with van der Waals surface area (Å²) in [7, 11) is 0. The van der Waals surface area contributed by atoms with Crippen molar-refractivity contribution in [1.82, 2.24) is 9.88 Å². The first-order valence-electron chi connectivity index (χ1n) is 9.40. The van der Waals surface area contributed by atoms with Gasteiger partial charge in [-0.15, -0.1) is 0 Å². The zero-order valence-electron chi connectivity index (χ0n) is 15.7. The Bertz CT molecular complexity index is 771. The Hall–Kier alpha value is -2.11. The second-order valence-corrected chi connectivity index (χ2v) is 7.76. The zero-order valence-corrected chi connectivity index (χ0v) is 16.5. The topological polar surface area (TPSA) is 65.5 Å². The highest BCUT2D eigenvalue weighted by Gasteiger charge is 2.29. The van der Waals surface area contributed by atoms with E-state index in [2.05, 4.69) is 10.3 Å². The molecule has 1 atom stereocenters. The second-order valence-electron chi connectivity index (χ2n) is 7.32. The Morgan fingerprint density at radius 1 is 1.22 bits per heavy atom. The maximum absolute atomic E-state index is 13.0. The molecule has 1 fully saturated rings. The van der Waals surface area contributed by atoms with Gasteiger partial charge in [0.15, 0.2) is 0 Å². The SMILES string of the molecule is CC(C)Nc1ncccc1C(=O)N1CCC([C@@H](O)c2ccc(Cl)cc2)CC1. The number of carbonyl (C=O) groups excluding carboxylic acids is 1. The molecule has 0 unspecified atom stereocenters. The maximum Gasteiger partial charge on any atom is 0.257 e. The van der Waals surface area contributed by atoms with Gasteiger partial charge in [-0.1, -0.05) is 23.7 Å². The van der Waals surface area contributed by atoms with Crippen LogP contribution >= 0.6 is 11.6 Å². The molecule has 6 heteroatoms. The fourth-order valence-electron chi connectivity index (χ4n) is 3.49. The third-order valence-corrected chi connectivity index (χ3v) is 5.20. The molecule has 1 aromatic carbocycles. The Morgan fingerprint density at radius 3 is 2.52 bits per heavy atom. The van der Waals surface area contributed by atoms with Crippen LogP contribution in [-0.2, 0) is 0 Å². The number of benzene rings is 1. The van der Waals surface area contributed by atoms with Gasteiger partial charge >= 0.3 is 0 Å². The summed E-state index contributed by atoms with van der Waals surface area (Å²) in [5.74, 6) is 0.754. The average molecular weight is 388 g/mol. The number of piperidine rings is 1. The molecule has 1 saturated heterocycles. The van der Waals surface area contributed by atoms with E-state index < -0.39 is 6.10 Å². The fourth-order valence-corrected chi connectivity index (χ4v) is 3.61. The van der Waals surface area contributed by atoms with E-state index in [9.17, 15) is 9.90 Å². The number of halogens is 1. The van der Waals surface area contributed by atoms with Crippen LogP contribution in [0.2, 0.25) is 5.02 Å². The highest BCUT2D eigenvalue weighted by atomic mass is 35.5. The Morgan fingerprint density at radius 2 is 1.89 bits per heavy atom. The van der Waals surface area contributed by atoms with Crippen LogP contribution in [0.1, 0.15) is 48.7 Å². The smallest absolute Gasteiger partial charge is 0.257 e. The third-order valence-electron chi connectivity index (χ3n) is 4.95. The minimum absolute atomic E-state index is 0.00863. The summed E-state index contributed by atoms with van der Waals surface area (Å²) >= 11 is 5.92. The molecule has 0 bridgehead atoms. The molecule has 0 spiro atoms. The van der Waals surface area contributed by atoms with E-state index in [4.69, 9.17) is 11.6 Å². The zero-order chi connectivity index (χ0) is 19.4. The van der Waals surface area contributed by atoms with Gasteiger partial charge in [-0.05, 0) is 62.4 Å². The number of rotatable bonds is 5. The van der Waals surface area contributed by atoms with E-state index in [1.807, 2.05) is 36.9 Å². The number of nitrogens with zero attached hydrogens (tertiary/aromatic N) is 2. The fraction of sp³-hybridized carbons (Fsp3) is 0.429. The quantitative estimate of drug-likeness (QED) is 0.809. The van der Waals surface area contributed by atoms with Crippen molar-refractivity contribution in [2.75, 3.05) is 18.4 Å². The number of aromatic nitrogens is 1. The van der Waals surface area contributed by atoms with Gasteiger partial charge in [0.2, 0.25) is 0 Å². The standard InChI is InChI=1S/C21H26ClN3O2/c1-14(2)24-20-18(4-3-11-23-20)21(27)25-12-9-16(10-13-25)19(26)15-5-7-17(22)8-6-15/h3-8,11,14,16,19,26H,9-10,12-13H2,1-2H3,(H,23,24)/t19-/m0/s1. The molecule has 144 valence electrons. The van der Waals surface area contributed by atoms with Crippen molar-refractivity contribution in [3.8, 4) is 0 Å². The van der Waals surface area contributed by atoms with E-state index in [0.29, 0.717) is 29.5 Å². The summed E-state index contributed by atoms with van der Waals surface area (Å²) in [4.78, 5) is 19.1. The molecule has 2 aromatic rings. The van der Waals surface area contributed by atoms with Crippen molar-refractivity contribution >= 4 is 23.3 Å². The molecular formula is C21H26ClN3O2. The van der Waals surface area contributed by atoms with Crippen LogP contribution in [0, 0.1) is 5.92 Å². The van der Waals surface area contributed by atoms with E-state index in [1.54, 1.807) is 24.4 Å². The minimum Gasteiger partial charge on any atom is -0.388 e. The third kappa shape index (κ3) is 4.79. The molecule has 5 nitrogen and oxygen atoms in total. The summed E-state index contributed by atoms with van der Waals surface area (Å²) in [6, 6.07) is 11.1. The van der Waals surface area contributed by atoms with Crippen molar-refractivity contribution in [1.29, 1.82) is 0 Å². The monoisotopic (exact) mass is 387 g/mol. The number of amides is 1. The van der Waals surface area contributed by atoms with Crippen LogP contribution in [0.3, 0.4) is 0 Å². The number of aliphatic hydroxyl groups excluding tert-OH is 1. The van der Waals surface area contributed by atoms with Crippen LogP contribution in [0.25, 0.3) is 0 Å². The maximum atomic E-state index is 13.0. The van der Waals surface area contributed by atoms with Gasteiger partial charge in [-0.3, -0.25) is 4.79 Å². The van der Waals surface area contributed by atoms with Gasteiger partial charge in [-0.25, -0.2) is 4.98 Å². The first-order chi connectivity index (χ1) is 13.0. The average Bonchev–Trinajstić information content (AvgIpc) is 2.68. The van der Waals surface area contributed by atoms with Crippen molar-refractivity contribution < 1.29 is 9.90 Å². The van der Waals surface area contributed by atoms with Crippen LogP contribution in [0.5, 0.6) is 0 Å². The molecule has 2 N–H and O–H groups in total. The van der Waals surface area contributed by atoms with E-state index in [1.165, 1.54) is 0 Å². The lowest BCUT2D eigenvalue weighted by atomic mass is 9.87. The molecule has 1 aliphatic rings. The van der Waals surface area contributed by atoms with Crippen LogP contribution in [0.4, 0.5) is 5.82 Å². The lowest BCUT2D eigenvalue weighted by molar-refractivity contribution is 0.0462. The van der Waals surface area contributed by atoms with Gasteiger partial charge < -0.3 is 15.3 Å². The highest BCUT2D eigenvalue weighted by Crippen LogP contribution is 2.32. The Balaban J connectivity index is 1.64. The molecule has 0 saturated carbocycles. The number of likely N-dealkylation sites (tertiary alicyclic amines) is 1. The number of hydrogen-bond acceptors (Lipinski definition) is 4. The lowest BCUT2D eigenvalue weighted by Crippen LogP contribution is -2.40.